The molecule has 0 bridgehead atoms. The normalized spacial score (nSPS) is 17.2. The Morgan fingerprint density at radius 3 is 2.12 bits per heavy atom. The van der Waals surface area contributed by atoms with Crippen LogP contribution in [0.15, 0.2) is 66.2 Å². The molecule has 1 atom stereocenters. The van der Waals surface area contributed by atoms with Gasteiger partial charge >= 0.3 is 0 Å². The van der Waals surface area contributed by atoms with Crippen LogP contribution in [0.4, 0.5) is 5.69 Å². The van der Waals surface area contributed by atoms with Gasteiger partial charge in [0.05, 0.1) is 35.9 Å². The van der Waals surface area contributed by atoms with E-state index in [-0.39, 0.29) is 32.7 Å². The summed E-state index contributed by atoms with van der Waals surface area (Å²) in [4.78, 5) is 27.9. The van der Waals surface area contributed by atoms with Gasteiger partial charge in [-0.2, -0.15) is 0 Å². The van der Waals surface area contributed by atoms with Crippen LogP contribution in [0, 0.1) is 6.92 Å². The van der Waals surface area contributed by atoms with Gasteiger partial charge in [0.2, 0.25) is 0 Å². The van der Waals surface area contributed by atoms with E-state index in [4.69, 9.17) is 32.7 Å². The van der Waals surface area contributed by atoms with Gasteiger partial charge in [0.15, 0.2) is 5.75 Å². The molecule has 1 unspecified atom stereocenters. The van der Waals surface area contributed by atoms with Crippen molar-refractivity contribution < 1.29 is 24.2 Å². The summed E-state index contributed by atoms with van der Waals surface area (Å²) in [6.07, 6.45) is 0. The molecule has 0 aliphatic carbocycles. The summed E-state index contributed by atoms with van der Waals surface area (Å²) in [5.74, 6) is -1.10. The summed E-state index contributed by atoms with van der Waals surface area (Å²) in [6, 6.07) is 16.2. The van der Waals surface area contributed by atoms with Gasteiger partial charge in [-0.05, 0) is 54.4 Å². The fourth-order valence-electron chi connectivity index (χ4n) is 4.08. The number of carbonyl (C=O) groups is 2. The minimum atomic E-state index is -0.866. The number of Topliss-reactive ketones (excluding diaryl/α,β-unsaturated/α-hetero) is 1. The third-order valence-electron chi connectivity index (χ3n) is 5.75. The molecule has 1 aliphatic heterocycles. The highest BCUT2D eigenvalue weighted by Gasteiger charge is 2.47. The molecule has 0 aromatic heterocycles. The highest BCUT2D eigenvalue weighted by molar-refractivity contribution is 6.51. The van der Waals surface area contributed by atoms with Crippen LogP contribution in [-0.2, 0) is 9.59 Å². The average Bonchev–Trinajstić information content (AvgIpc) is 3.09. The van der Waals surface area contributed by atoms with Gasteiger partial charge in [-0.1, -0.05) is 47.5 Å². The second-order valence-electron chi connectivity index (χ2n) is 7.70. The van der Waals surface area contributed by atoms with Gasteiger partial charge < -0.3 is 14.6 Å². The minimum absolute atomic E-state index is 0.0626. The molecule has 0 radical (unpaired) electrons. The van der Waals surface area contributed by atoms with Crippen molar-refractivity contribution in [1.82, 2.24) is 0 Å². The molecule has 0 spiro atoms. The minimum Gasteiger partial charge on any atom is -0.507 e. The van der Waals surface area contributed by atoms with Gasteiger partial charge in [0.25, 0.3) is 11.7 Å². The zero-order valence-corrected chi connectivity index (χ0v) is 20.1. The van der Waals surface area contributed by atoms with E-state index < -0.39 is 17.7 Å². The number of hydrogen-bond donors (Lipinski definition) is 1. The molecule has 1 amide bonds. The predicted molar refractivity (Wildman–Crippen MR) is 132 cm³/mol. The van der Waals surface area contributed by atoms with Crippen LogP contribution in [0.1, 0.15) is 22.7 Å². The van der Waals surface area contributed by atoms with Crippen molar-refractivity contribution in [3.63, 3.8) is 0 Å². The van der Waals surface area contributed by atoms with Crippen molar-refractivity contribution >= 4 is 46.3 Å². The van der Waals surface area contributed by atoms with Crippen LogP contribution in [0.25, 0.3) is 5.76 Å². The van der Waals surface area contributed by atoms with Gasteiger partial charge in [0.1, 0.15) is 11.5 Å². The van der Waals surface area contributed by atoms with E-state index in [0.29, 0.717) is 17.0 Å². The smallest absolute Gasteiger partial charge is 0.300 e. The Bertz CT molecular complexity index is 1290. The Balaban J connectivity index is 1.96. The number of amides is 1. The molecule has 6 nitrogen and oxygen atoms in total. The van der Waals surface area contributed by atoms with E-state index in [1.807, 2.05) is 31.2 Å². The number of nitrogens with zero attached hydrogens (tertiary/aromatic N) is 1. The highest BCUT2D eigenvalue weighted by Crippen LogP contribution is 2.44. The molecular weight excluding hydrogens is 477 g/mol. The highest BCUT2D eigenvalue weighted by atomic mass is 35.5. The molecular formula is C26H21Cl2NO5. The van der Waals surface area contributed by atoms with E-state index in [9.17, 15) is 14.7 Å². The summed E-state index contributed by atoms with van der Waals surface area (Å²) in [7, 11) is 2.96. The number of methoxy groups -OCH3 is 2. The number of hydrogen-bond acceptors (Lipinski definition) is 5. The van der Waals surface area contributed by atoms with Crippen molar-refractivity contribution in [2.24, 2.45) is 0 Å². The second kappa shape index (κ2) is 9.41. The Morgan fingerprint density at radius 2 is 1.56 bits per heavy atom. The van der Waals surface area contributed by atoms with Crippen LogP contribution >= 0.6 is 23.2 Å². The van der Waals surface area contributed by atoms with E-state index in [0.717, 1.165) is 5.56 Å². The van der Waals surface area contributed by atoms with E-state index in [2.05, 4.69) is 0 Å². The monoisotopic (exact) mass is 497 g/mol. The quantitative estimate of drug-likeness (QED) is 0.268. The van der Waals surface area contributed by atoms with Crippen molar-refractivity contribution in [1.29, 1.82) is 0 Å². The summed E-state index contributed by atoms with van der Waals surface area (Å²) in [6.45, 7) is 1.88. The van der Waals surface area contributed by atoms with Crippen LogP contribution in [0.3, 0.4) is 0 Å². The van der Waals surface area contributed by atoms with Crippen LogP contribution in [0.2, 0.25) is 10.0 Å². The lowest BCUT2D eigenvalue weighted by Crippen LogP contribution is -2.29. The Morgan fingerprint density at radius 1 is 0.941 bits per heavy atom. The molecule has 174 valence electrons. The first-order valence-electron chi connectivity index (χ1n) is 10.3. The molecule has 34 heavy (non-hydrogen) atoms. The zero-order valence-electron chi connectivity index (χ0n) is 18.6. The molecule has 1 heterocycles. The molecule has 1 fully saturated rings. The third kappa shape index (κ3) is 4.00. The first-order chi connectivity index (χ1) is 16.3. The van der Waals surface area contributed by atoms with E-state index >= 15 is 0 Å². The van der Waals surface area contributed by atoms with E-state index in [1.165, 1.54) is 24.1 Å². The summed E-state index contributed by atoms with van der Waals surface area (Å²) in [5, 5.41) is 11.6. The number of aliphatic hydroxyl groups excluding tert-OH is 1. The van der Waals surface area contributed by atoms with Crippen molar-refractivity contribution in [2.45, 2.75) is 13.0 Å². The van der Waals surface area contributed by atoms with Crippen molar-refractivity contribution in [3.05, 3.63) is 93.0 Å². The maximum Gasteiger partial charge on any atom is 0.300 e. The average molecular weight is 498 g/mol. The summed E-state index contributed by atoms with van der Waals surface area (Å²) >= 11 is 12.5. The molecule has 1 saturated heterocycles. The zero-order chi connectivity index (χ0) is 24.6. The molecule has 4 rings (SSSR count). The third-order valence-corrected chi connectivity index (χ3v) is 6.32. The molecule has 1 aliphatic rings. The number of aliphatic hydroxyl groups is 1. The SMILES string of the molecule is COc1ccc(N2C(=O)C(=O)/C(=C(/O)c3cc(Cl)c(OC)c(Cl)c3)C2c2ccccc2C)cc1. The molecule has 8 heteroatoms. The topological polar surface area (TPSA) is 76.1 Å². The first kappa shape index (κ1) is 23.7. The number of ether oxygens (including phenoxy) is 2. The standard InChI is InChI=1S/C26H21Cl2NO5/c1-14-6-4-5-7-18(14)22-21(23(30)15-12-19(27)25(34-3)20(28)13-15)24(31)26(32)29(22)16-8-10-17(33-2)11-9-16/h4-13,22,30H,1-3H3/b23-21+. The van der Waals surface area contributed by atoms with Crippen molar-refractivity contribution in [3.8, 4) is 11.5 Å². The number of halogens is 2. The number of benzene rings is 3. The summed E-state index contributed by atoms with van der Waals surface area (Å²) < 4.78 is 10.4. The molecule has 0 saturated carbocycles. The number of aryl methyl sites for hydroxylation is 1. The lowest BCUT2D eigenvalue weighted by molar-refractivity contribution is -0.132. The Hall–Kier alpha value is -3.48. The van der Waals surface area contributed by atoms with Crippen molar-refractivity contribution in [2.75, 3.05) is 19.1 Å². The molecule has 3 aromatic carbocycles. The van der Waals surface area contributed by atoms with Gasteiger partial charge in [-0.15, -0.1) is 0 Å². The van der Waals surface area contributed by atoms with Crippen LogP contribution in [-0.4, -0.2) is 31.0 Å². The van der Waals surface area contributed by atoms with Crippen LogP contribution in [0.5, 0.6) is 11.5 Å². The van der Waals surface area contributed by atoms with Gasteiger partial charge in [-0.3, -0.25) is 14.5 Å². The van der Waals surface area contributed by atoms with E-state index in [1.54, 1.807) is 31.4 Å². The lowest BCUT2D eigenvalue weighted by Gasteiger charge is -2.26. The fourth-order valence-corrected chi connectivity index (χ4v) is 4.72. The van der Waals surface area contributed by atoms with Gasteiger partial charge in [-0.25, -0.2) is 0 Å². The Labute approximate surface area is 206 Å². The van der Waals surface area contributed by atoms with Crippen LogP contribution < -0.4 is 14.4 Å². The number of rotatable bonds is 5. The first-order valence-corrected chi connectivity index (χ1v) is 11.1. The second-order valence-corrected chi connectivity index (χ2v) is 8.51. The largest absolute Gasteiger partial charge is 0.507 e. The lowest BCUT2D eigenvalue weighted by atomic mass is 9.92. The number of ketones is 1. The Kier molecular flexibility index (Phi) is 6.55. The molecule has 1 N–H and O–H groups in total. The maximum atomic E-state index is 13.3. The fraction of sp³-hybridized carbons (Fsp3) is 0.154. The van der Waals surface area contributed by atoms with Gasteiger partial charge in [0, 0.05) is 11.3 Å². The summed E-state index contributed by atoms with van der Waals surface area (Å²) in [5.41, 5.74) is 2.17. The molecule has 3 aromatic rings. The maximum absolute atomic E-state index is 13.3. The predicted octanol–water partition coefficient (Wildman–Crippen LogP) is 5.95. The number of carbonyl (C=O) groups excluding carboxylic acids is 2. The number of anilines is 1.